The Morgan fingerprint density at radius 3 is 2.58 bits per heavy atom. The van der Waals surface area contributed by atoms with E-state index in [1.165, 1.54) is 10.9 Å². The topological polar surface area (TPSA) is 91.6 Å². The van der Waals surface area contributed by atoms with E-state index in [2.05, 4.69) is 30.2 Å². The summed E-state index contributed by atoms with van der Waals surface area (Å²) in [5.41, 5.74) is 1.09. The van der Waals surface area contributed by atoms with E-state index < -0.39 is 12.5 Å². The first-order valence-corrected chi connectivity index (χ1v) is 12.4. The van der Waals surface area contributed by atoms with E-state index in [9.17, 15) is 13.9 Å². The number of alkyl halides is 2. The maximum atomic E-state index is 13.7. The smallest absolute Gasteiger partial charge is 0.282 e. The number of piperazine rings is 1. The van der Waals surface area contributed by atoms with Gasteiger partial charge in [-0.15, -0.1) is 0 Å². The van der Waals surface area contributed by atoms with Gasteiger partial charge >= 0.3 is 0 Å². The van der Waals surface area contributed by atoms with Gasteiger partial charge in [-0.2, -0.15) is 5.10 Å². The van der Waals surface area contributed by atoms with Gasteiger partial charge in [0.1, 0.15) is 5.69 Å². The van der Waals surface area contributed by atoms with Crippen LogP contribution in [-0.4, -0.2) is 80.8 Å². The highest BCUT2D eigenvalue weighted by atomic mass is 35.5. The van der Waals surface area contributed by atoms with E-state index >= 15 is 0 Å². The molecule has 0 radical (unpaired) electrons. The fourth-order valence-corrected chi connectivity index (χ4v) is 5.26. The predicted octanol–water partition coefficient (Wildman–Crippen LogP) is 4.01. The van der Waals surface area contributed by atoms with Crippen LogP contribution in [0.1, 0.15) is 38.9 Å². The molecule has 2 atom stereocenters. The molecule has 0 unspecified atom stereocenters. The Morgan fingerprint density at radius 1 is 1.19 bits per heavy atom. The van der Waals surface area contributed by atoms with Crippen molar-refractivity contribution in [3.8, 4) is 0 Å². The number of rotatable bonds is 6. The molecule has 36 heavy (non-hydrogen) atoms. The molecule has 9 nitrogen and oxygen atoms in total. The van der Waals surface area contributed by atoms with Crippen LogP contribution in [0.4, 0.5) is 26.1 Å². The van der Waals surface area contributed by atoms with Crippen molar-refractivity contribution in [1.82, 2.24) is 24.6 Å². The summed E-state index contributed by atoms with van der Waals surface area (Å²) in [5, 5.41) is 18.7. The van der Waals surface area contributed by atoms with Gasteiger partial charge in [0, 0.05) is 43.8 Å². The summed E-state index contributed by atoms with van der Waals surface area (Å²) >= 11 is 6.63. The van der Waals surface area contributed by atoms with Crippen LogP contribution in [0, 0.1) is 0 Å². The van der Waals surface area contributed by atoms with E-state index in [0.29, 0.717) is 23.8 Å². The molecule has 194 valence electrons. The zero-order valence-electron chi connectivity index (χ0n) is 20.5. The Hall–Kier alpha value is -2.60. The Balaban J connectivity index is 1.37. The van der Waals surface area contributed by atoms with Crippen LogP contribution in [0.5, 0.6) is 0 Å². The number of nitrogens with one attached hydrogen (secondary N) is 1. The largest absolute Gasteiger partial charge is 0.389 e. The summed E-state index contributed by atoms with van der Waals surface area (Å²) in [6.07, 6.45) is -0.209. The van der Waals surface area contributed by atoms with Crippen molar-refractivity contribution >= 4 is 39.8 Å². The monoisotopic (exact) mass is 521 g/mol. The molecular weight excluding hydrogens is 492 g/mol. The van der Waals surface area contributed by atoms with Crippen LogP contribution >= 0.6 is 11.6 Å². The second kappa shape index (κ2) is 9.70. The second-order valence-corrected chi connectivity index (χ2v) is 10.2. The van der Waals surface area contributed by atoms with Gasteiger partial charge in [0.05, 0.1) is 53.0 Å². The molecule has 3 aromatic rings. The lowest BCUT2D eigenvalue weighted by molar-refractivity contribution is 0.00884. The number of hydrogen-bond acceptors (Lipinski definition) is 8. The zero-order chi connectivity index (χ0) is 25.6. The molecule has 12 heteroatoms. The van der Waals surface area contributed by atoms with Crippen LogP contribution in [0.25, 0.3) is 10.9 Å². The third kappa shape index (κ3) is 4.49. The van der Waals surface area contributed by atoms with Gasteiger partial charge in [-0.05, 0) is 32.9 Å². The van der Waals surface area contributed by atoms with Gasteiger partial charge in [-0.25, -0.2) is 18.7 Å². The summed E-state index contributed by atoms with van der Waals surface area (Å²) in [6.45, 7) is 9.50. The van der Waals surface area contributed by atoms with Crippen LogP contribution in [-0.2, 0) is 4.74 Å². The quantitative estimate of drug-likeness (QED) is 0.503. The highest BCUT2D eigenvalue weighted by Gasteiger charge is 2.44. The molecule has 5 rings (SSSR count). The fourth-order valence-electron chi connectivity index (χ4n) is 4.97. The Bertz CT molecular complexity index is 1250. The summed E-state index contributed by atoms with van der Waals surface area (Å²) in [4.78, 5) is 13.3. The van der Waals surface area contributed by atoms with E-state index in [1.807, 2.05) is 19.1 Å². The Labute approximate surface area is 213 Å². The first kappa shape index (κ1) is 25.1. The number of anilines is 3. The Morgan fingerprint density at radius 2 is 1.94 bits per heavy atom. The molecule has 0 bridgehead atoms. The number of nitrogens with zero attached hydrogens (tertiary/aromatic N) is 6. The number of fused-ring (bicyclic) bond motifs is 1. The SMILES string of the molecule is CC(C)n1ncc(Nc2ncc3cc(Cl)c(N4CCN([C@@]5(C)COC[C@H]5O)CC4)cc3n2)c1C(F)F. The number of aromatic nitrogens is 4. The second-order valence-electron chi connectivity index (χ2n) is 9.83. The molecule has 0 saturated carbocycles. The first-order chi connectivity index (χ1) is 17.2. The molecule has 1 aromatic carbocycles. The molecule has 2 N–H and O–H groups in total. The molecule has 0 aliphatic carbocycles. The molecule has 2 aliphatic heterocycles. The number of halogens is 3. The van der Waals surface area contributed by atoms with Gasteiger partial charge in [-0.3, -0.25) is 9.58 Å². The highest BCUT2D eigenvalue weighted by Crippen LogP contribution is 2.34. The van der Waals surface area contributed by atoms with Gasteiger partial charge in [-0.1, -0.05) is 11.6 Å². The molecule has 4 heterocycles. The summed E-state index contributed by atoms with van der Waals surface area (Å²) < 4.78 is 34.2. The maximum absolute atomic E-state index is 13.7. The van der Waals surface area contributed by atoms with Crippen molar-refractivity contribution in [1.29, 1.82) is 0 Å². The van der Waals surface area contributed by atoms with Crippen molar-refractivity contribution < 1.29 is 18.6 Å². The van der Waals surface area contributed by atoms with Crippen LogP contribution < -0.4 is 10.2 Å². The number of ether oxygens (including phenoxy) is 1. The lowest BCUT2D eigenvalue weighted by Gasteiger charge is -2.45. The van der Waals surface area contributed by atoms with Gasteiger partial charge in [0.15, 0.2) is 0 Å². The van der Waals surface area contributed by atoms with Crippen molar-refractivity contribution in [2.24, 2.45) is 0 Å². The van der Waals surface area contributed by atoms with E-state index in [-0.39, 0.29) is 28.9 Å². The predicted molar refractivity (Wildman–Crippen MR) is 134 cm³/mol. The third-order valence-corrected chi connectivity index (χ3v) is 7.46. The number of aliphatic hydroxyl groups is 1. The van der Waals surface area contributed by atoms with Gasteiger partial charge in [0.25, 0.3) is 6.43 Å². The van der Waals surface area contributed by atoms with Crippen LogP contribution in [0.2, 0.25) is 5.02 Å². The van der Waals surface area contributed by atoms with Crippen molar-refractivity contribution in [2.45, 2.75) is 44.9 Å². The van der Waals surface area contributed by atoms with E-state index in [4.69, 9.17) is 16.3 Å². The van der Waals surface area contributed by atoms with Crippen molar-refractivity contribution in [3.05, 3.63) is 35.2 Å². The molecular formula is C24H30ClF2N7O2. The summed E-state index contributed by atoms with van der Waals surface area (Å²) in [7, 11) is 0. The van der Waals surface area contributed by atoms with E-state index in [1.54, 1.807) is 20.0 Å². The lowest BCUT2D eigenvalue weighted by Crippen LogP contribution is -2.60. The molecule has 0 amide bonds. The zero-order valence-corrected chi connectivity index (χ0v) is 21.2. The Kier molecular flexibility index (Phi) is 6.75. The standard InChI is InChI=1S/C24H30ClF2N7O2/c1-14(2)34-21(22(26)27)18(11-29-34)31-23-28-10-15-8-16(25)19(9-17(15)30-23)32-4-6-33(7-5-32)24(3)13-36-12-20(24)35/h8-11,14,20,22,35H,4-7,12-13H2,1-3H3,(H,28,30,31)/t20-,24+/m1/s1. The fraction of sp³-hybridized carbons (Fsp3) is 0.542. The first-order valence-electron chi connectivity index (χ1n) is 12.0. The minimum absolute atomic E-state index is 0.176. The number of aliphatic hydroxyl groups excluding tert-OH is 1. The average Bonchev–Trinajstić information content (AvgIpc) is 3.43. The third-order valence-electron chi connectivity index (χ3n) is 7.16. The molecule has 2 aliphatic rings. The maximum Gasteiger partial charge on any atom is 0.282 e. The minimum Gasteiger partial charge on any atom is -0.389 e. The molecule has 2 fully saturated rings. The van der Waals surface area contributed by atoms with Gasteiger partial charge in [0.2, 0.25) is 5.95 Å². The summed E-state index contributed by atoms with van der Waals surface area (Å²) in [6, 6.07) is 3.51. The minimum atomic E-state index is -2.69. The number of benzene rings is 1. The molecule has 2 saturated heterocycles. The van der Waals surface area contributed by atoms with E-state index in [0.717, 1.165) is 37.3 Å². The molecule has 2 aromatic heterocycles. The van der Waals surface area contributed by atoms with Crippen molar-refractivity contribution in [3.63, 3.8) is 0 Å². The average molecular weight is 522 g/mol. The van der Waals surface area contributed by atoms with Crippen LogP contribution in [0.3, 0.4) is 0 Å². The number of hydrogen-bond donors (Lipinski definition) is 2. The lowest BCUT2D eigenvalue weighted by atomic mass is 9.95. The molecule has 0 spiro atoms. The van der Waals surface area contributed by atoms with Gasteiger partial charge < -0.3 is 20.1 Å². The van der Waals surface area contributed by atoms with Crippen molar-refractivity contribution in [2.75, 3.05) is 49.6 Å². The highest BCUT2D eigenvalue weighted by molar-refractivity contribution is 6.34. The normalized spacial score (nSPS) is 23.4. The van der Waals surface area contributed by atoms with Crippen LogP contribution in [0.15, 0.2) is 24.5 Å². The summed E-state index contributed by atoms with van der Waals surface area (Å²) in [5.74, 6) is 0.203.